The third-order valence-electron chi connectivity index (χ3n) is 2.24. The van der Waals surface area contributed by atoms with Gasteiger partial charge in [0.2, 0.25) is 5.91 Å². The van der Waals surface area contributed by atoms with Crippen LogP contribution in [0.15, 0.2) is 24.5 Å². The summed E-state index contributed by atoms with van der Waals surface area (Å²) in [4.78, 5) is 15.4. The van der Waals surface area contributed by atoms with E-state index in [4.69, 9.17) is 5.73 Å². The molecular weight excluding hydrogens is 261 g/mol. The molecule has 0 aromatic carbocycles. The lowest BCUT2D eigenvalue weighted by molar-refractivity contribution is -0.123. The number of nitrogens with zero attached hydrogens (tertiary/aromatic N) is 1. The van der Waals surface area contributed by atoms with Crippen LogP contribution in [0.5, 0.6) is 0 Å². The monoisotopic (exact) mass is 279 g/mol. The molecule has 0 radical (unpaired) electrons. The van der Waals surface area contributed by atoms with Crippen LogP contribution in [0.3, 0.4) is 0 Å². The summed E-state index contributed by atoms with van der Waals surface area (Å²) in [6.45, 7) is 4.36. The number of carbonyl (C=O) groups is 1. The lowest BCUT2D eigenvalue weighted by Gasteiger charge is -2.15. The van der Waals surface area contributed by atoms with Crippen molar-refractivity contribution in [3.63, 3.8) is 0 Å². The summed E-state index contributed by atoms with van der Waals surface area (Å²) in [7, 11) is 0. The lowest BCUT2D eigenvalue weighted by atomic mass is 10.1. The van der Waals surface area contributed by atoms with Crippen molar-refractivity contribution >= 4 is 30.7 Å². The minimum Gasteiger partial charge on any atom is -0.351 e. The molecule has 0 saturated carbocycles. The van der Waals surface area contributed by atoms with Gasteiger partial charge in [-0.3, -0.25) is 9.78 Å². The number of halogens is 2. The van der Waals surface area contributed by atoms with Crippen molar-refractivity contribution in [2.24, 2.45) is 11.7 Å². The van der Waals surface area contributed by atoms with Crippen molar-refractivity contribution in [3.8, 4) is 0 Å². The first-order chi connectivity index (χ1) is 7.11. The van der Waals surface area contributed by atoms with E-state index in [1.54, 1.807) is 12.4 Å². The van der Waals surface area contributed by atoms with Crippen LogP contribution in [-0.2, 0) is 11.3 Å². The molecule has 6 heteroatoms. The normalized spacial score (nSPS) is 11.1. The average molecular weight is 280 g/mol. The summed E-state index contributed by atoms with van der Waals surface area (Å²) in [5.74, 6) is 0.0456. The first kappa shape index (κ1) is 18.5. The van der Waals surface area contributed by atoms with Gasteiger partial charge in [0.15, 0.2) is 0 Å². The Morgan fingerprint density at radius 2 is 1.88 bits per heavy atom. The van der Waals surface area contributed by atoms with Crippen LogP contribution < -0.4 is 11.1 Å². The van der Waals surface area contributed by atoms with Gasteiger partial charge in [0, 0.05) is 18.9 Å². The number of hydrogen-bond acceptors (Lipinski definition) is 3. The van der Waals surface area contributed by atoms with Crippen LogP contribution in [0.1, 0.15) is 19.4 Å². The number of pyridine rings is 1. The van der Waals surface area contributed by atoms with E-state index in [-0.39, 0.29) is 36.6 Å². The van der Waals surface area contributed by atoms with Crippen molar-refractivity contribution in [3.05, 3.63) is 30.1 Å². The van der Waals surface area contributed by atoms with Gasteiger partial charge in [0.1, 0.15) is 0 Å². The maximum atomic E-state index is 11.5. The molecule has 4 nitrogen and oxygen atoms in total. The van der Waals surface area contributed by atoms with Crippen molar-refractivity contribution < 1.29 is 4.79 Å². The highest BCUT2D eigenvalue weighted by atomic mass is 35.5. The molecule has 1 rings (SSSR count). The number of hydrogen-bond donors (Lipinski definition) is 2. The smallest absolute Gasteiger partial charge is 0.237 e. The van der Waals surface area contributed by atoms with Crippen LogP contribution in [0.2, 0.25) is 0 Å². The first-order valence-corrected chi connectivity index (χ1v) is 5.03. The second-order valence-electron chi connectivity index (χ2n) is 3.84. The molecule has 98 valence electrons. The van der Waals surface area contributed by atoms with E-state index in [0.29, 0.717) is 6.54 Å². The predicted octanol–water partition coefficient (Wildman–Crippen LogP) is 1.52. The summed E-state index contributed by atoms with van der Waals surface area (Å²) >= 11 is 0. The summed E-state index contributed by atoms with van der Waals surface area (Å²) in [5.41, 5.74) is 6.72. The molecule has 0 unspecified atom stereocenters. The molecule has 1 aromatic rings. The van der Waals surface area contributed by atoms with Crippen LogP contribution in [0, 0.1) is 5.92 Å². The van der Waals surface area contributed by atoms with Gasteiger partial charge in [0.05, 0.1) is 6.04 Å². The van der Waals surface area contributed by atoms with E-state index in [2.05, 4.69) is 10.3 Å². The molecule has 3 N–H and O–H groups in total. The Morgan fingerprint density at radius 3 is 2.35 bits per heavy atom. The second kappa shape index (κ2) is 9.22. The van der Waals surface area contributed by atoms with E-state index < -0.39 is 6.04 Å². The Morgan fingerprint density at radius 1 is 1.35 bits per heavy atom. The van der Waals surface area contributed by atoms with Crippen molar-refractivity contribution in [2.45, 2.75) is 26.4 Å². The molecule has 1 atom stereocenters. The van der Waals surface area contributed by atoms with Crippen molar-refractivity contribution in [1.82, 2.24) is 10.3 Å². The Labute approximate surface area is 114 Å². The molecule has 0 fully saturated rings. The SMILES string of the molecule is CC(C)[C@H](N)C(=O)NCc1ccncc1.Cl.Cl. The number of aromatic nitrogens is 1. The minimum atomic E-state index is -0.438. The fraction of sp³-hybridized carbons (Fsp3) is 0.455. The molecule has 0 aliphatic carbocycles. The zero-order valence-electron chi connectivity index (χ0n) is 9.92. The Hall–Kier alpha value is -0.840. The predicted molar refractivity (Wildman–Crippen MR) is 73.4 cm³/mol. The highest BCUT2D eigenvalue weighted by molar-refractivity contribution is 5.85. The Kier molecular flexibility index (Phi) is 10.0. The zero-order valence-corrected chi connectivity index (χ0v) is 11.6. The van der Waals surface area contributed by atoms with E-state index in [0.717, 1.165) is 5.56 Å². The highest BCUT2D eigenvalue weighted by Gasteiger charge is 2.16. The fourth-order valence-electron chi connectivity index (χ4n) is 1.11. The van der Waals surface area contributed by atoms with E-state index in [1.807, 2.05) is 26.0 Å². The van der Waals surface area contributed by atoms with E-state index in [1.165, 1.54) is 0 Å². The van der Waals surface area contributed by atoms with Crippen LogP contribution in [0.4, 0.5) is 0 Å². The molecule has 17 heavy (non-hydrogen) atoms. The molecule has 0 spiro atoms. The van der Waals surface area contributed by atoms with Gasteiger partial charge < -0.3 is 11.1 Å². The number of amides is 1. The van der Waals surface area contributed by atoms with E-state index in [9.17, 15) is 4.79 Å². The van der Waals surface area contributed by atoms with Gasteiger partial charge in [0.25, 0.3) is 0 Å². The summed E-state index contributed by atoms with van der Waals surface area (Å²) < 4.78 is 0. The number of nitrogens with one attached hydrogen (secondary N) is 1. The zero-order chi connectivity index (χ0) is 11.3. The Balaban J connectivity index is 0. The lowest BCUT2D eigenvalue weighted by Crippen LogP contribution is -2.43. The maximum absolute atomic E-state index is 11.5. The van der Waals surface area contributed by atoms with Gasteiger partial charge in [-0.15, -0.1) is 24.8 Å². The van der Waals surface area contributed by atoms with Gasteiger partial charge in [-0.1, -0.05) is 13.8 Å². The van der Waals surface area contributed by atoms with Crippen LogP contribution >= 0.6 is 24.8 Å². The first-order valence-electron chi connectivity index (χ1n) is 5.03. The van der Waals surface area contributed by atoms with Crippen molar-refractivity contribution in [2.75, 3.05) is 0 Å². The quantitative estimate of drug-likeness (QED) is 0.878. The van der Waals surface area contributed by atoms with Crippen molar-refractivity contribution in [1.29, 1.82) is 0 Å². The minimum absolute atomic E-state index is 0. The molecular formula is C11H19Cl2N3O. The summed E-state index contributed by atoms with van der Waals surface area (Å²) in [6.07, 6.45) is 3.40. The van der Waals surface area contributed by atoms with E-state index >= 15 is 0 Å². The molecule has 1 aromatic heterocycles. The summed E-state index contributed by atoms with van der Waals surface area (Å²) in [6, 6.07) is 3.29. The maximum Gasteiger partial charge on any atom is 0.237 e. The second-order valence-corrected chi connectivity index (χ2v) is 3.84. The topological polar surface area (TPSA) is 68.0 Å². The molecule has 0 bridgehead atoms. The largest absolute Gasteiger partial charge is 0.351 e. The fourth-order valence-corrected chi connectivity index (χ4v) is 1.11. The molecule has 0 aliphatic heterocycles. The standard InChI is InChI=1S/C11H17N3O.2ClH/c1-8(2)10(12)11(15)14-7-9-3-5-13-6-4-9;;/h3-6,8,10H,7,12H2,1-2H3,(H,14,15);2*1H/t10-;;/m0../s1. The average Bonchev–Trinajstić information content (AvgIpc) is 2.26. The molecule has 0 saturated heterocycles. The third-order valence-corrected chi connectivity index (χ3v) is 2.24. The van der Waals surface area contributed by atoms with Gasteiger partial charge in [-0.05, 0) is 23.6 Å². The molecule has 0 aliphatic rings. The summed E-state index contributed by atoms with van der Waals surface area (Å²) in [5, 5.41) is 2.79. The Bertz CT molecular complexity index is 320. The van der Waals surface area contributed by atoms with Crippen LogP contribution in [-0.4, -0.2) is 16.9 Å². The number of nitrogens with two attached hydrogens (primary N) is 1. The number of carbonyl (C=O) groups excluding carboxylic acids is 1. The molecule has 1 heterocycles. The van der Waals surface area contributed by atoms with Gasteiger partial charge >= 0.3 is 0 Å². The van der Waals surface area contributed by atoms with Gasteiger partial charge in [-0.25, -0.2) is 0 Å². The van der Waals surface area contributed by atoms with Gasteiger partial charge in [-0.2, -0.15) is 0 Å². The number of rotatable bonds is 4. The molecule has 1 amide bonds. The highest BCUT2D eigenvalue weighted by Crippen LogP contribution is 1.99. The third kappa shape index (κ3) is 6.46. The van der Waals surface area contributed by atoms with Crippen LogP contribution in [0.25, 0.3) is 0 Å².